The Bertz CT molecular complexity index is 937. The molecular formula is C23H31N3O3S. The molecule has 0 saturated carbocycles. The van der Waals surface area contributed by atoms with Crippen molar-refractivity contribution in [2.75, 3.05) is 38.1 Å². The smallest absolute Gasteiger partial charge is 0.243 e. The van der Waals surface area contributed by atoms with Crippen LogP contribution in [0.5, 0.6) is 0 Å². The molecule has 3 rings (SSSR count). The minimum Gasteiger partial charge on any atom is -0.314 e. The summed E-state index contributed by atoms with van der Waals surface area (Å²) in [6.45, 7) is 5.81. The molecular weight excluding hydrogens is 398 g/mol. The van der Waals surface area contributed by atoms with E-state index in [1.54, 1.807) is 24.1 Å². The van der Waals surface area contributed by atoms with E-state index in [1.165, 1.54) is 4.31 Å². The topological polar surface area (TPSA) is 60.9 Å². The first-order valence-electron chi connectivity index (χ1n) is 10.5. The summed E-state index contributed by atoms with van der Waals surface area (Å²) in [5, 5.41) is 0. The molecule has 7 heteroatoms. The number of sulfonamides is 1. The van der Waals surface area contributed by atoms with Crippen LogP contribution in [0.2, 0.25) is 0 Å². The van der Waals surface area contributed by atoms with Gasteiger partial charge in [0.2, 0.25) is 15.9 Å². The van der Waals surface area contributed by atoms with Crippen LogP contribution in [0.15, 0.2) is 59.5 Å². The van der Waals surface area contributed by atoms with Gasteiger partial charge in [-0.15, -0.1) is 0 Å². The van der Waals surface area contributed by atoms with Crippen molar-refractivity contribution < 1.29 is 13.2 Å². The molecule has 0 aliphatic carbocycles. The van der Waals surface area contributed by atoms with Crippen LogP contribution < -0.4 is 4.90 Å². The molecule has 162 valence electrons. The van der Waals surface area contributed by atoms with Gasteiger partial charge < -0.3 is 4.90 Å². The number of benzene rings is 2. The van der Waals surface area contributed by atoms with E-state index in [0.29, 0.717) is 31.1 Å². The van der Waals surface area contributed by atoms with Gasteiger partial charge in [0.05, 0.1) is 10.9 Å². The summed E-state index contributed by atoms with van der Waals surface area (Å²) in [5.41, 5.74) is 2.00. The van der Waals surface area contributed by atoms with Crippen LogP contribution in [0.25, 0.3) is 0 Å². The fourth-order valence-electron chi connectivity index (χ4n) is 3.81. The molecule has 1 heterocycles. The van der Waals surface area contributed by atoms with Gasteiger partial charge in [0.1, 0.15) is 0 Å². The maximum Gasteiger partial charge on any atom is 0.243 e. The fourth-order valence-corrected chi connectivity index (χ4v) is 5.23. The molecule has 6 nitrogen and oxygen atoms in total. The van der Waals surface area contributed by atoms with Crippen LogP contribution in [-0.2, 0) is 21.2 Å². The molecule has 0 N–H and O–H groups in total. The first-order chi connectivity index (χ1) is 14.3. The molecule has 0 radical (unpaired) electrons. The summed E-state index contributed by atoms with van der Waals surface area (Å²) in [7, 11) is -1.74. The largest absolute Gasteiger partial charge is 0.314 e. The number of carbonyl (C=O) groups is 1. The van der Waals surface area contributed by atoms with Crippen molar-refractivity contribution >= 4 is 21.6 Å². The van der Waals surface area contributed by atoms with Gasteiger partial charge in [-0.1, -0.05) is 43.7 Å². The number of rotatable bonds is 7. The van der Waals surface area contributed by atoms with Crippen molar-refractivity contribution in [3.05, 3.63) is 60.2 Å². The predicted octanol–water partition coefficient (Wildman–Crippen LogP) is 3.00. The summed E-state index contributed by atoms with van der Waals surface area (Å²) in [4.78, 5) is 16.9. The Morgan fingerprint density at radius 1 is 1.00 bits per heavy atom. The lowest BCUT2D eigenvalue weighted by atomic mass is 10.1. The number of aryl methyl sites for hydroxylation is 1. The van der Waals surface area contributed by atoms with Crippen molar-refractivity contribution in [1.29, 1.82) is 0 Å². The highest BCUT2D eigenvalue weighted by Crippen LogP contribution is 2.21. The summed E-state index contributed by atoms with van der Waals surface area (Å²) in [6.07, 6.45) is 1.98. The summed E-state index contributed by atoms with van der Waals surface area (Å²) in [6, 6.07) is 16.4. The van der Waals surface area contributed by atoms with E-state index >= 15 is 0 Å². The Morgan fingerprint density at radius 2 is 1.60 bits per heavy atom. The molecule has 1 aliphatic rings. The monoisotopic (exact) mass is 429 g/mol. The van der Waals surface area contributed by atoms with Crippen LogP contribution >= 0.6 is 0 Å². The number of amides is 1. The number of likely N-dealkylation sites (N-methyl/N-ethyl adjacent to an activating group) is 1. The van der Waals surface area contributed by atoms with Gasteiger partial charge in [-0.3, -0.25) is 9.69 Å². The lowest BCUT2D eigenvalue weighted by molar-refractivity contribution is -0.123. The quantitative estimate of drug-likeness (QED) is 0.679. The molecule has 0 spiro atoms. The summed E-state index contributed by atoms with van der Waals surface area (Å²) < 4.78 is 27.5. The third-order valence-electron chi connectivity index (χ3n) is 5.75. The Kier molecular flexibility index (Phi) is 7.28. The van der Waals surface area contributed by atoms with Crippen LogP contribution in [0.1, 0.15) is 25.8 Å². The van der Waals surface area contributed by atoms with Gasteiger partial charge in [0.25, 0.3) is 0 Å². The van der Waals surface area contributed by atoms with E-state index in [1.807, 2.05) is 49.4 Å². The van der Waals surface area contributed by atoms with Gasteiger partial charge in [-0.2, -0.15) is 4.31 Å². The number of nitrogens with zero attached hydrogens (tertiary/aromatic N) is 3. The van der Waals surface area contributed by atoms with Crippen molar-refractivity contribution in [2.45, 2.75) is 37.6 Å². The van der Waals surface area contributed by atoms with E-state index in [2.05, 4.69) is 11.8 Å². The Labute approximate surface area is 180 Å². The molecule has 1 aliphatic heterocycles. The standard InChI is InChI=1S/C23H31N3O3S/c1-4-8-20-11-13-22(14-12-20)30(28,29)26-17-15-25(16-18-26)19(2)23(27)24(3)21-9-6-5-7-10-21/h5-7,9-14,19H,4,8,15-18H2,1-3H3/t19-/m0/s1. The normalized spacial score (nSPS) is 16.9. The first kappa shape index (κ1) is 22.5. The molecule has 1 amide bonds. The maximum absolute atomic E-state index is 13.0. The Hall–Kier alpha value is -2.22. The molecule has 0 unspecified atom stereocenters. The number of hydrogen-bond acceptors (Lipinski definition) is 4. The van der Waals surface area contributed by atoms with Crippen LogP contribution in [0, 0.1) is 0 Å². The molecule has 30 heavy (non-hydrogen) atoms. The highest BCUT2D eigenvalue weighted by atomic mass is 32.2. The Balaban J connectivity index is 1.61. The molecule has 1 atom stereocenters. The Morgan fingerprint density at radius 3 is 2.17 bits per heavy atom. The van der Waals surface area contributed by atoms with Crippen molar-refractivity contribution in [3.63, 3.8) is 0 Å². The summed E-state index contributed by atoms with van der Waals surface area (Å²) in [5.74, 6) is 0.00372. The zero-order valence-electron chi connectivity index (χ0n) is 18.0. The van der Waals surface area contributed by atoms with E-state index in [-0.39, 0.29) is 11.9 Å². The zero-order valence-corrected chi connectivity index (χ0v) is 18.8. The molecule has 1 fully saturated rings. The molecule has 0 bridgehead atoms. The molecule has 0 aromatic heterocycles. The van der Waals surface area contributed by atoms with Gasteiger partial charge in [0, 0.05) is 38.9 Å². The second-order valence-electron chi connectivity index (χ2n) is 7.74. The SMILES string of the molecule is CCCc1ccc(S(=O)(=O)N2CCN([C@@H](C)C(=O)N(C)c3ccccc3)CC2)cc1. The van der Waals surface area contributed by atoms with Crippen molar-refractivity contribution in [3.8, 4) is 0 Å². The van der Waals surface area contributed by atoms with Crippen molar-refractivity contribution in [2.24, 2.45) is 0 Å². The lowest BCUT2D eigenvalue weighted by Crippen LogP contribution is -2.55. The minimum atomic E-state index is -3.51. The number of hydrogen-bond donors (Lipinski definition) is 0. The number of carbonyl (C=O) groups excluding carboxylic acids is 1. The van der Waals surface area contributed by atoms with Crippen LogP contribution in [0.4, 0.5) is 5.69 Å². The van der Waals surface area contributed by atoms with E-state index in [9.17, 15) is 13.2 Å². The molecule has 2 aromatic rings. The third-order valence-corrected chi connectivity index (χ3v) is 7.67. The number of anilines is 1. The first-order valence-corrected chi connectivity index (χ1v) is 11.9. The average Bonchev–Trinajstić information content (AvgIpc) is 2.79. The third kappa shape index (κ3) is 4.91. The van der Waals surface area contributed by atoms with E-state index in [4.69, 9.17) is 0 Å². The second-order valence-corrected chi connectivity index (χ2v) is 9.68. The number of piperazine rings is 1. The van der Waals surface area contributed by atoms with Gasteiger partial charge in [-0.25, -0.2) is 8.42 Å². The predicted molar refractivity (Wildman–Crippen MR) is 120 cm³/mol. The van der Waals surface area contributed by atoms with Gasteiger partial charge in [0.15, 0.2) is 0 Å². The lowest BCUT2D eigenvalue weighted by Gasteiger charge is -2.37. The van der Waals surface area contributed by atoms with Crippen molar-refractivity contribution in [1.82, 2.24) is 9.21 Å². The zero-order chi connectivity index (χ0) is 21.7. The highest BCUT2D eigenvalue weighted by Gasteiger charge is 2.32. The van der Waals surface area contributed by atoms with Gasteiger partial charge in [-0.05, 0) is 43.2 Å². The fraction of sp³-hybridized carbons (Fsp3) is 0.435. The van der Waals surface area contributed by atoms with E-state index in [0.717, 1.165) is 24.1 Å². The highest BCUT2D eigenvalue weighted by molar-refractivity contribution is 7.89. The average molecular weight is 430 g/mol. The minimum absolute atomic E-state index is 0.00372. The number of para-hydroxylation sites is 1. The second kappa shape index (κ2) is 9.73. The summed E-state index contributed by atoms with van der Waals surface area (Å²) >= 11 is 0. The van der Waals surface area contributed by atoms with Crippen LogP contribution in [0.3, 0.4) is 0 Å². The van der Waals surface area contributed by atoms with E-state index < -0.39 is 10.0 Å². The maximum atomic E-state index is 13.0. The van der Waals surface area contributed by atoms with Gasteiger partial charge >= 0.3 is 0 Å². The molecule has 2 aromatic carbocycles. The van der Waals surface area contributed by atoms with Crippen LogP contribution in [-0.4, -0.2) is 62.8 Å². The molecule has 1 saturated heterocycles.